The Morgan fingerprint density at radius 3 is 2.33 bits per heavy atom. The van der Waals surface area contributed by atoms with Crippen molar-refractivity contribution in [3.05, 3.63) is 59.9 Å². The predicted molar refractivity (Wildman–Crippen MR) is 122 cm³/mol. The van der Waals surface area contributed by atoms with E-state index in [1.165, 1.54) is 36.9 Å². The first-order valence-electron chi connectivity index (χ1n) is 10.9. The highest BCUT2D eigenvalue weighted by molar-refractivity contribution is 5.97. The van der Waals surface area contributed by atoms with Crippen molar-refractivity contribution >= 4 is 29.6 Å². The van der Waals surface area contributed by atoms with Crippen molar-refractivity contribution < 1.29 is 23.5 Å². The Morgan fingerprint density at radius 1 is 0.939 bits per heavy atom. The summed E-state index contributed by atoms with van der Waals surface area (Å²) in [7, 11) is 0. The van der Waals surface area contributed by atoms with Gasteiger partial charge in [-0.2, -0.15) is 5.10 Å². The van der Waals surface area contributed by atoms with Crippen LogP contribution in [0, 0.1) is 5.82 Å². The molecule has 0 radical (unpaired) electrons. The van der Waals surface area contributed by atoms with Crippen molar-refractivity contribution in [1.82, 2.24) is 10.7 Å². The molecular weight excluding hydrogens is 427 g/mol. The summed E-state index contributed by atoms with van der Waals surface area (Å²) >= 11 is 0. The van der Waals surface area contributed by atoms with Crippen LogP contribution in [-0.4, -0.2) is 36.6 Å². The van der Waals surface area contributed by atoms with Crippen LogP contribution in [0.15, 0.2) is 53.6 Å². The van der Waals surface area contributed by atoms with Gasteiger partial charge in [0.05, 0.1) is 6.21 Å². The molecule has 0 spiro atoms. The molecule has 0 heterocycles. The molecule has 2 aromatic carbocycles. The van der Waals surface area contributed by atoms with Crippen molar-refractivity contribution in [3.63, 3.8) is 0 Å². The van der Waals surface area contributed by atoms with Crippen LogP contribution >= 0.6 is 0 Å². The van der Waals surface area contributed by atoms with Gasteiger partial charge in [0.15, 0.2) is 6.61 Å². The molecule has 1 fully saturated rings. The predicted octanol–water partition coefficient (Wildman–Crippen LogP) is 3.13. The molecule has 0 saturated heterocycles. The van der Waals surface area contributed by atoms with Gasteiger partial charge in [0.1, 0.15) is 18.0 Å². The number of ether oxygens (including phenoxy) is 1. The standard InChI is InChI=1S/C24H27FN4O4/c25-18-8-10-20(11-9-18)28-24(32)16-33-21-12-6-17(7-13-21)15-26-29-23(31)14-22(30)27-19-4-2-1-3-5-19/h6-13,15,19H,1-5,14,16H2,(H,27,30)(H,28,32)(H,29,31)/b26-15+. The van der Waals surface area contributed by atoms with Gasteiger partial charge in [-0.3, -0.25) is 14.4 Å². The summed E-state index contributed by atoms with van der Waals surface area (Å²) in [5.74, 6) is -1.05. The third kappa shape index (κ3) is 8.72. The Balaban J connectivity index is 1.35. The lowest BCUT2D eigenvalue weighted by molar-refractivity contribution is -0.129. The lowest BCUT2D eigenvalue weighted by atomic mass is 9.95. The van der Waals surface area contributed by atoms with Crippen molar-refractivity contribution in [2.24, 2.45) is 5.10 Å². The van der Waals surface area contributed by atoms with Gasteiger partial charge in [0.2, 0.25) is 11.8 Å². The van der Waals surface area contributed by atoms with E-state index >= 15 is 0 Å². The third-order valence-corrected chi connectivity index (χ3v) is 5.07. The first kappa shape index (κ1) is 23.9. The average molecular weight is 455 g/mol. The van der Waals surface area contributed by atoms with Crippen LogP contribution < -0.4 is 20.8 Å². The number of halogens is 1. The Hall–Kier alpha value is -3.75. The fourth-order valence-corrected chi connectivity index (χ4v) is 3.42. The summed E-state index contributed by atoms with van der Waals surface area (Å²) in [6, 6.07) is 12.3. The van der Waals surface area contributed by atoms with E-state index in [1.54, 1.807) is 24.3 Å². The fourth-order valence-electron chi connectivity index (χ4n) is 3.42. The molecular formula is C24H27FN4O4. The molecule has 1 aliphatic carbocycles. The zero-order valence-electron chi connectivity index (χ0n) is 18.2. The van der Waals surface area contributed by atoms with Crippen LogP contribution in [0.1, 0.15) is 44.1 Å². The van der Waals surface area contributed by atoms with E-state index in [2.05, 4.69) is 21.2 Å². The molecule has 9 heteroatoms. The molecule has 3 N–H and O–H groups in total. The second-order valence-corrected chi connectivity index (χ2v) is 7.79. The number of benzene rings is 2. The number of carbonyl (C=O) groups excluding carboxylic acids is 3. The Labute approximate surface area is 191 Å². The first-order chi connectivity index (χ1) is 16.0. The maximum Gasteiger partial charge on any atom is 0.262 e. The van der Waals surface area contributed by atoms with E-state index in [4.69, 9.17) is 4.74 Å². The second kappa shape index (κ2) is 12.3. The van der Waals surface area contributed by atoms with Crippen LogP contribution in [0.2, 0.25) is 0 Å². The summed E-state index contributed by atoms with van der Waals surface area (Å²) < 4.78 is 18.3. The molecule has 0 bridgehead atoms. The number of hydrogen-bond acceptors (Lipinski definition) is 5. The summed E-state index contributed by atoms with van der Waals surface area (Å²) in [5.41, 5.74) is 3.52. The highest BCUT2D eigenvalue weighted by atomic mass is 19.1. The monoisotopic (exact) mass is 454 g/mol. The molecule has 1 aliphatic rings. The molecule has 0 aromatic heterocycles. The number of nitrogens with zero attached hydrogens (tertiary/aromatic N) is 1. The van der Waals surface area contributed by atoms with Crippen LogP contribution in [0.25, 0.3) is 0 Å². The normalized spacial score (nSPS) is 14.0. The fraction of sp³-hybridized carbons (Fsp3) is 0.333. The zero-order chi connectivity index (χ0) is 23.5. The molecule has 3 amide bonds. The van der Waals surface area contributed by atoms with Crippen LogP contribution in [0.5, 0.6) is 5.75 Å². The maximum atomic E-state index is 12.9. The average Bonchev–Trinajstić information content (AvgIpc) is 2.80. The number of rotatable bonds is 9. The number of amides is 3. The summed E-state index contributed by atoms with van der Waals surface area (Å²) in [6.45, 7) is -0.205. The van der Waals surface area contributed by atoms with E-state index < -0.39 is 5.91 Å². The first-order valence-corrected chi connectivity index (χ1v) is 10.9. The molecule has 33 heavy (non-hydrogen) atoms. The second-order valence-electron chi connectivity index (χ2n) is 7.79. The van der Waals surface area contributed by atoms with E-state index in [-0.39, 0.29) is 36.7 Å². The van der Waals surface area contributed by atoms with E-state index in [0.29, 0.717) is 17.0 Å². The molecule has 174 valence electrons. The van der Waals surface area contributed by atoms with E-state index in [0.717, 1.165) is 25.7 Å². The summed E-state index contributed by atoms with van der Waals surface area (Å²) in [4.78, 5) is 35.7. The number of carbonyl (C=O) groups is 3. The van der Waals surface area contributed by atoms with Gasteiger partial charge < -0.3 is 15.4 Å². The lowest BCUT2D eigenvalue weighted by Crippen LogP contribution is -2.38. The van der Waals surface area contributed by atoms with Gasteiger partial charge in [0.25, 0.3) is 5.91 Å². The topological polar surface area (TPSA) is 109 Å². The molecule has 2 aromatic rings. The molecule has 1 saturated carbocycles. The lowest BCUT2D eigenvalue weighted by Gasteiger charge is -2.22. The molecule has 0 atom stereocenters. The Bertz CT molecular complexity index is 971. The SMILES string of the molecule is O=C(CC(=O)NC1CCCCC1)N/N=C/c1ccc(OCC(=O)Nc2ccc(F)cc2)cc1. The third-order valence-electron chi connectivity index (χ3n) is 5.07. The van der Waals surface area contributed by atoms with E-state index in [1.807, 2.05) is 0 Å². The van der Waals surface area contributed by atoms with Gasteiger partial charge in [-0.15, -0.1) is 0 Å². The van der Waals surface area contributed by atoms with Crippen LogP contribution in [0.4, 0.5) is 10.1 Å². The van der Waals surface area contributed by atoms with Gasteiger partial charge >= 0.3 is 0 Å². The van der Waals surface area contributed by atoms with Gasteiger partial charge in [0, 0.05) is 11.7 Å². The smallest absolute Gasteiger partial charge is 0.262 e. The van der Waals surface area contributed by atoms with Crippen molar-refractivity contribution in [2.75, 3.05) is 11.9 Å². The molecule has 0 unspecified atom stereocenters. The van der Waals surface area contributed by atoms with Crippen molar-refractivity contribution in [2.45, 2.75) is 44.6 Å². The summed E-state index contributed by atoms with van der Waals surface area (Å²) in [6.07, 6.45) is 6.52. The van der Waals surface area contributed by atoms with E-state index in [9.17, 15) is 18.8 Å². The maximum absolute atomic E-state index is 12.9. The quantitative estimate of drug-likeness (QED) is 0.307. The minimum absolute atomic E-state index is 0.164. The Kier molecular flexibility index (Phi) is 8.93. The van der Waals surface area contributed by atoms with Crippen molar-refractivity contribution in [1.29, 1.82) is 0 Å². The minimum atomic E-state index is -0.480. The highest BCUT2D eigenvalue weighted by Crippen LogP contribution is 2.17. The molecule has 8 nitrogen and oxygen atoms in total. The van der Waals surface area contributed by atoms with Crippen molar-refractivity contribution in [3.8, 4) is 5.75 Å². The van der Waals surface area contributed by atoms with Crippen LogP contribution in [0.3, 0.4) is 0 Å². The number of hydrogen-bond donors (Lipinski definition) is 3. The molecule has 3 rings (SSSR count). The van der Waals surface area contributed by atoms with Gasteiger partial charge in [-0.25, -0.2) is 9.82 Å². The molecule has 0 aliphatic heterocycles. The summed E-state index contributed by atoms with van der Waals surface area (Å²) in [5, 5.41) is 9.36. The number of hydrazone groups is 1. The largest absolute Gasteiger partial charge is 0.484 e. The van der Waals surface area contributed by atoms with Gasteiger partial charge in [-0.1, -0.05) is 19.3 Å². The van der Waals surface area contributed by atoms with Crippen LogP contribution in [-0.2, 0) is 14.4 Å². The number of nitrogens with one attached hydrogen (secondary N) is 3. The Morgan fingerprint density at radius 2 is 1.64 bits per heavy atom. The highest BCUT2D eigenvalue weighted by Gasteiger charge is 2.17. The number of anilines is 1. The van der Waals surface area contributed by atoms with Gasteiger partial charge in [-0.05, 0) is 66.9 Å². The minimum Gasteiger partial charge on any atom is -0.484 e. The zero-order valence-corrected chi connectivity index (χ0v) is 18.2.